The van der Waals surface area contributed by atoms with Crippen LogP contribution in [-0.2, 0) is 24.8 Å². The van der Waals surface area contributed by atoms with Crippen LogP contribution in [0.15, 0.2) is 0 Å². The van der Waals surface area contributed by atoms with Crippen LogP contribution < -0.4 is 5.32 Å². The number of hydrogen-bond donors (Lipinski definition) is 1. The minimum Gasteiger partial charge on any atom is -0.453 e. The molecule has 0 saturated carbocycles. The summed E-state index contributed by atoms with van der Waals surface area (Å²) in [5, 5.41) is 2.29. The van der Waals surface area contributed by atoms with Crippen LogP contribution in [0.1, 0.15) is 6.92 Å². The van der Waals surface area contributed by atoms with Crippen LogP contribution in [0.3, 0.4) is 0 Å². The first kappa shape index (κ1) is 11.9. The van der Waals surface area contributed by atoms with E-state index in [9.17, 15) is 13.8 Å². The van der Waals surface area contributed by atoms with Gasteiger partial charge in [0.2, 0.25) is 11.1 Å². The molecule has 0 aliphatic carbocycles. The quantitative estimate of drug-likeness (QED) is 0.679. The second-order valence-corrected chi connectivity index (χ2v) is 3.18. The predicted molar refractivity (Wildman–Crippen MR) is 45.2 cm³/mol. The molecule has 0 heterocycles. The fourth-order valence-corrected chi connectivity index (χ4v) is 1.09. The normalized spacial score (nSPS) is 11.5. The van der Waals surface area contributed by atoms with E-state index in [0.717, 1.165) is 6.92 Å². The maximum Gasteiger partial charge on any atom is 0.406 e. The molecule has 0 rings (SSSR count). The molecular formula is C6H11NO5S. The lowest BCUT2D eigenvalue weighted by molar-refractivity contribution is -0.130. The summed E-state index contributed by atoms with van der Waals surface area (Å²) >= 11 is -1.69. The van der Waals surface area contributed by atoms with Gasteiger partial charge in [0.25, 0.3) is 0 Å². The highest BCUT2D eigenvalue weighted by atomic mass is 32.2. The summed E-state index contributed by atoms with van der Waals surface area (Å²) in [6.07, 6.45) is -0.611. The van der Waals surface area contributed by atoms with Gasteiger partial charge < -0.3 is 14.2 Å². The zero-order valence-electron chi connectivity index (χ0n) is 7.36. The minimum atomic E-state index is -1.69. The molecule has 0 aromatic rings. The molecule has 1 amide bonds. The lowest BCUT2D eigenvalue weighted by Crippen LogP contribution is -2.28. The number of rotatable bonds is 4. The number of methoxy groups -OCH3 is 1. The zero-order valence-corrected chi connectivity index (χ0v) is 8.18. The van der Waals surface area contributed by atoms with Crippen molar-refractivity contribution in [2.24, 2.45) is 0 Å². The van der Waals surface area contributed by atoms with Crippen molar-refractivity contribution in [3.63, 3.8) is 0 Å². The minimum absolute atomic E-state index is 0.0503. The highest BCUT2D eigenvalue weighted by molar-refractivity contribution is 7.80. The Kier molecular flexibility index (Phi) is 5.86. The van der Waals surface area contributed by atoms with Crippen molar-refractivity contribution in [1.82, 2.24) is 5.32 Å². The Balaban J connectivity index is 3.48. The highest BCUT2D eigenvalue weighted by Gasteiger charge is 2.04. The molecule has 0 bridgehead atoms. The maximum absolute atomic E-state index is 10.8. The Labute approximate surface area is 78.2 Å². The van der Waals surface area contributed by atoms with Crippen LogP contribution in [0.25, 0.3) is 0 Å². The molecular weight excluding hydrogens is 198 g/mol. The first-order valence-corrected chi connectivity index (χ1v) is 4.69. The van der Waals surface area contributed by atoms with E-state index in [1.807, 2.05) is 0 Å². The number of nitrogens with one attached hydrogen (secondary N) is 1. The van der Waals surface area contributed by atoms with Crippen molar-refractivity contribution in [2.45, 2.75) is 6.92 Å². The maximum atomic E-state index is 10.8. The fourth-order valence-electron chi connectivity index (χ4n) is 0.481. The Bertz CT molecular complexity index is 217. The average Bonchev–Trinajstić information content (AvgIpc) is 2.02. The standard InChI is InChI=1S/C6H11NO5S/c1-5(8)12-13(10)4-3-7-6(9)11-2/h3-4H2,1-2H3,(H,7,9). The first-order chi connectivity index (χ1) is 6.06. The van der Waals surface area contributed by atoms with Crippen molar-refractivity contribution in [1.29, 1.82) is 0 Å². The third-order valence-corrected chi connectivity index (χ3v) is 1.89. The monoisotopic (exact) mass is 209 g/mol. The zero-order chi connectivity index (χ0) is 10.3. The van der Waals surface area contributed by atoms with Crippen molar-refractivity contribution in [2.75, 3.05) is 19.4 Å². The molecule has 0 radical (unpaired) electrons. The highest BCUT2D eigenvalue weighted by Crippen LogP contribution is 1.85. The predicted octanol–water partition coefficient (Wildman–Crippen LogP) is -0.431. The summed E-state index contributed by atoms with van der Waals surface area (Å²) in [6.45, 7) is 1.29. The number of carbonyl (C=O) groups is 2. The summed E-state index contributed by atoms with van der Waals surface area (Å²) in [4.78, 5) is 20.8. The Morgan fingerprint density at radius 2 is 2.08 bits per heavy atom. The fraction of sp³-hybridized carbons (Fsp3) is 0.667. The van der Waals surface area contributed by atoms with Crippen LogP contribution in [0, 0.1) is 0 Å². The third kappa shape index (κ3) is 7.26. The van der Waals surface area contributed by atoms with Gasteiger partial charge in [0.15, 0.2) is 0 Å². The van der Waals surface area contributed by atoms with E-state index in [1.54, 1.807) is 0 Å². The number of alkyl carbamates (subject to hydrolysis) is 1. The number of hydrogen-bond acceptors (Lipinski definition) is 5. The SMILES string of the molecule is COC(=O)NCCS(=O)OC(C)=O. The summed E-state index contributed by atoms with van der Waals surface area (Å²) in [7, 11) is 1.22. The van der Waals surface area contributed by atoms with Crippen LogP contribution in [0.4, 0.5) is 4.79 Å². The molecule has 0 aromatic carbocycles. The Hall–Kier alpha value is -1.11. The van der Waals surface area contributed by atoms with E-state index in [0.29, 0.717) is 0 Å². The molecule has 6 nitrogen and oxygen atoms in total. The van der Waals surface area contributed by atoms with Gasteiger partial charge >= 0.3 is 12.1 Å². The van der Waals surface area contributed by atoms with Gasteiger partial charge in [0, 0.05) is 13.5 Å². The van der Waals surface area contributed by atoms with Crippen molar-refractivity contribution in [3.8, 4) is 0 Å². The van der Waals surface area contributed by atoms with Gasteiger partial charge in [-0.25, -0.2) is 9.00 Å². The molecule has 76 valence electrons. The second kappa shape index (κ2) is 6.41. The summed E-state index contributed by atoms with van der Waals surface area (Å²) < 4.78 is 19.4. The first-order valence-electron chi connectivity index (χ1n) is 3.45. The van der Waals surface area contributed by atoms with Gasteiger partial charge in [-0.05, 0) is 0 Å². The number of carbonyl (C=O) groups excluding carboxylic acids is 2. The van der Waals surface area contributed by atoms with Crippen LogP contribution in [0.2, 0.25) is 0 Å². The topological polar surface area (TPSA) is 81.7 Å². The molecule has 0 spiro atoms. The van der Waals surface area contributed by atoms with Gasteiger partial charge in [-0.15, -0.1) is 0 Å². The van der Waals surface area contributed by atoms with Gasteiger partial charge in [0.1, 0.15) is 0 Å². The molecule has 0 aliphatic rings. The molecule has 0 aromatic heterocycles. The lowest BCUT2D eigenvalue weighted by Gasteiger charge is -2.02. The number of ether oxygens (including phenoxy) is 1. The van der Waals surface area contributed by atoms with E-state index in [-0.39, 0.29) is 12.3 Å². The molecule has 1 N–H and O–H groups in total. The second-order valence-electron chi connectivity index (χ2n) is 2.00. The van der Waals surface area contributed by atoms with E-state index >= 15 is 0 Å². The van der Waals surface area contributed by atoms with E-state index in [4.69, 9.17) is 0 Å². The molecule has 0 aliphatic heterocycles. The van der Waals surface area contributed by atoms with Crippen molar-refractivity contribution < 1.29 is 22.7 Å². The van der Waals surface area contributed by atoms with Gasteiger partial charge in [-0.3, -0.25) is 4.79 Å². The molecule has 7 heteroatoms. The summed E-state index contributed by atoms with van der Waals surface area (Å²) in [5.41, 5.74) is 0. The molecule has 1 unspecified atom stereocenters. The Morgan fingerprint density at radius 3 is 2.54 bits per heavy atom. The largest absolute Gasteiger partial charge is 0.453 e. The van der Waals surface area contributed by atoms with Gasteiger partial charge in [-0.1, -0.05) is 0 Å². The van der Waals surface area contributed by atoms with Crippen LogP contribution >= 0.6 is 0 Å². The molecule has 13 heavy (non-hydrogen) atoms. The van der Waals surface area contributed by atoms with Crippen molar-refractivity contribution in [3.05, 3.63) is 0 Å². The van der Waals surface area contributed by atoms with Crippen molar-refractivity contribution >= 4 is 23.1 Å². The average molecular weight is 209 g/mol. The molecule has 0 saturated heterocycles. The van der Waals surface area contributed by atoms with E-state index < -0.39 is 23.1 Å². The third-order valence-electron chi connectivity index (χ3n) is 0.934. The van der Waals surface area contributed by atoms with Crippen LogP contribution in [-0.4, -0.2) is 35.7 Å². The van der Waals surface area contributed by atoms with Crippen LogP contribution in [0.5, 0.6) is 0 Å². The van der Waals surface area contributed by atoms with Gasteiger partial charge in [-0.2, -0.15) is 0 Å². The summed E-state index contributed by atoms with van der Waals surface area (Å²) in [6, 6.07) is 0. The number of amides is 1. The molecule has 0 fully saturated rings. The lowest BCUT2D eigenvalue weighted by atomic mass is 10.7. The van der Waals surface area contributed by atoms with E-state index in [1.165, 1.54) is 7.11 Å². The summed E-state index contributed by atoms with van der Waals surface area (Å²) in [5.74, 6) is -0.564. The Morgan fingerprint density at radius 1 is 1.46 bits per heavy atom. The smallest absolute Gasteiger partial charge is 0.406 e. The molecule has 1 atom stereocenters. The van der Waals surface area contributed by atoms with E-state index in [2.05, 4.69) is 14.2 Å². The van der Waals surface area contributed by atoms with Gasteiger partial charge in [0.05, 0.1) is 12.9 Å².